The topological polar surface area (TPSA) is 129 Å². The Labute approximate surface area is 101 Å². The Balaban J connectivity index is 0.000000269. The molecule has 8 nitrogen and oxygen atoms in total. The number of tetrazole rings is 1. The van der Waals surface area contributed by atoms with Crippen molar-refractivity contribution in [1.29, 1.82) is 0 Å². The molecule has 0 radical (unpaired) electrons. The molecule has 2 aromatic rings. The molecule has 8 heteroatoms. The molecule has 0 aliphatic heterocycles. The highest BCUT2D eigenvalue weighted by atomic mass is 16.4. The minimum absolute atomic E-state index is 0.00241. The lowest BCUT2D eigenvalue weighted by Crippen LogP contribution is -2.02. The van der Waals surface area contributed by atoms with Crippen LogP contribution in [0.25, 0.3) is 0 Å². The van der Waals surface area contributed by atoms with Crippen LogP contribution < -0.4 is 0 Å². The normalized spacial score (nSPS) is 9.17. The number of carboxylic acid groups (broad SMARTS) is 2. The lowest BCUT2D eigenvalue weighted by Gasteiger charge is -1.99. The van der Waals surface area contributed by atoms with E-state index in [0.29, 0.717) is 5.56 Å². The number of hydrogen-bond donors (Lipinski definition) is 3. The lowest BCUT2D eigenvalue weighted by molar-refractivity contribution is 0.0696. The van der Waals surface area contributed by atoms with Crippen LogP contribution in [0.15, 0.2) is 24.5 Å². The molecular weight excluding hydrogens is 240 g/mol. The van der Waals surface area contributed by atoms with Gasteiger partial charge in [0.2, 0.25) is 0 Å². The summed E-state index contributed by atoms with van der Waals surface area (Å²) in [5.74, 6) is -2.24. The summed E-state index contributed by atoms with van der Waals surface area (Å²) in [4.78, 5) is 21.1. The molecule has 0 fully saturated rings. The number of H-pyrrole nitrogens is 1. The van der Waals surface area contributed by atoms with Crippen molar-refractivity contribution in [3.8, 4) is 0 Å². The predicted octanol–water partition coefficient (Wildman–Crippen LogP) is 0.591. The minimum atomic E-state index is -1.12. The molecule has 0 spiro atoms. The molecule has 0 saturated heterocycles. The van der Waals surface area contributed by atoms with Crippen molar-refractivity contribution in [1.82, 2.24) is 20.6 Å². The van der Waals surface area contributed by atoms with E-state index in [0.717, 1.165) is 6.07 Å². The standard InChI is InChI=1S/C9H8O4.CH2N4/c1-5-2-6(8(10)11)4-7(3-5)9(12)13;1-2-4-5-3-1/h2-4H,1H3,(H,10,11)(H,12,13);1H,(H,2,3,4,5). The van der Waals surface area contributed by atoms with Crippen molar-refractivity contribution >= 4 is 11.9 Å². The van der Waals surface area contributed by atoms with Gasteiger partial charge >= 0.3 is 11.9 Å². The van der Waals surface area contributed by atoms with Crippen molar-refractivity contribution in [3.63, 3.8) is 0 Å². The van der Waals surface area contributed by atoms with Crippen LogP contribution in [0.5, 0.6) is 0 Å². The number of aromatic carboxylic acids is 2. The van der Waals surface area contributed by atoms with Crippen LogP contribution in [0.2, 0.25) is 0 Å². The first-order valence-electron chi connectivity index (χ1n) is 4.75. The maximum Gasteiger partial charge on any atom is 0.335 e. The first-order valence-corrected chi connectivity index (χ1v) is 4.75. The van der Waals surface area contributed by atoms with Gasteiger partial charge in [0.25, 0.3) is 0 Å². The van der Waals surface area contributed by atoms with Crippen LogP contribution in [-0.2, 0) is 0 Å². The predicted molar refractivity (Wildman–Crippen MR) is 59.3 cm³/mol. The summed E-state index contributed by atoms with van der Waals surface area (Å²) in [5, 5.41) is 29.4. The summed E-state index contributed by atoms with van der Waals surface area (Å²) in [6.07, 6.45) is 1.33. The average molecular weight is 250 g/mol. The van der Waals surface area contributed by atoms with Crippen LogP contribution in [0.3, 0.4) is 0 Å². The van der Waals surface area contributed by atoms with Gasteiger partial charge in [0, 0.05) is 0 Å². The summed E-state index contributed by atoms with van der Waals surface area (Å²) >= 11 is 0. The van der Waals surface area contributed by atoms with Gasteiger partial charge in [-0.05, 0) is 30.7 Å². The van der Waals surface area contributed by atoms with Gasteiger partial charge in [0.15, 0.2) is 6.33 Å². The molecule has 3 N–H and O–H groups in total. The largest absolute Gasteiger partial charge is 0.478 e. The lowest BCUT2D eigenvalue weighted by atomic mass is 10.1. The zero-order valence-corrected chi connectivity index (χ0v) is 9.36. The van der Waals surface area contributed by atoms with Crippen LogP contribution in [0, 0.1) is 6.92 Å². The number of aryl methyl sites for hydroxylation is 1. The highest BCUT2D eigenvalue weighted by Crippen LogP contribution is 2.09. The number of aromatic nitrogens is 4. The van der Waals surface area contributed by atoms with E-state index in [9.17, 15) is 9.59 Å². The maximum atomic E-state index is 10.5. The fourth-order valence-corrected chi connectivity index (χ4v) is 1.16. The van der Waals surface area contributed by atoms with E-state index in [1.54, 1.807) is 6.92 Å². The van der Waals surface area contributed by atoms with Crippen LogP contribution in [0.4, 0.5) is 0 Å². The molecule has 1 aromatic heterocycles. The van der Waals surface area contributed by atoms with Gasteiger partial charge in [-0.2, -0.15) is 5.21 Å². The first-order chi connectivity index (χ1) is 8.50. The van der Waals surface area contributed by atoms with E-state index in [-0.39, 0.29) is 11.1 Å². The molecule has 0 saturated carbocycles. The summed E-state index contributed by atoms with van der Waals surface area (Å²) in [6, 6.07) is 3.99. The van der Waals surface area contributed by atoms with E-state index in [4.69, 9.17) is 10.2 Å². The number of rotatable bonds is 2. The van der Waals surface area contributed by atoms with E-state index in [1.807, 2.05) is 0 Å². The molecule has 1 heterocycles. The summed E-state index contributed by atoms with van der Waals surface area (Å²) in [6.45, 7) is 1.65. The number of nitrogens with zero attached hydrogens (tertiary/aromatic N) is 3. The van der Waals surface area contributed by atoms with E-state index >= 15 is 0 Å². The first kappa shape index (κ1) is 13.3. The molecule has 2 rings (SSSR count). The summed E-state index contributed by atoms with van der Waals surface area (Å²) in [7, 11) is 0. The molecule has 18 heavy (non-hydrogen) atoms. The third-order valence-electron chi connectivity index (χ3n) is 1.84. The fraction of sp³-hybridized carbons (Fsp3) is 0.100. The molecule has 0 aliphatic rings. The Bertz CT molecular complexity index is 489. The van der Waals surface area contributed by atoms with Gasteiger partial charge in [0.1, 0.15) is 0 Å². The number of benzene rings is 1. The van der Waals surface area contributed by atoms with Crippen molar-refractivity contribution in [2.24, 2.45) is 0 Å². The zero-order chi connectivity index (χ0) is 13.5. The summed E-state index contributed by atoms with van der Waals surface area (Å²) < 4.78 is 0. The Morgan fingerprint density at radius 3 is 1.94 bits per heavy atom. The number of hydrogen-bond acceptors (Lipinski definition) is 5. The Morgan fingerprint density at radius 2 is 1.67 bits per heavy atom. The fourth-order valence-electron chi connectivity index (χ4n) is 1.16. The van der Waals surface area contributed by atoms with E-state index < -0.39 is 11.9 Å². The van der Waals surface area contributed by atoms with E-state index in [1.165, 1.54) is 18.5 Å². The molecule has 0 unspecified atom stereocenters. The number of aromatic amines is 1. The van der Waals surface area contributed by atoms with Crippen molar-refractivity contribution in [3.05, 3.63) is 41.2 Å². The van der Waals surface area contributed by atoms with Crippen molar-refractivity contribution in [2.75, 3.05) is 0 Å². The van der Waals surface area contributed by atoms with Gasteiger partial charge in [-0.3, -0.25) is 0 Å². The monoisotopic (exact) mass is 250 g/mol. The average Bonchev–Trinajstić information content (AvgIpc) is 2.86. The van der Waals surface area contributed by atoms with Crippen molar-refractivity contribution < 1.29 is 19.8 Å². The quantitative estimate of drug-likeness (QED) is 0.711. The van der Waals surface area contributed by atoms with Gasteiger partial charge in [-0.15, -0.1) is 10.2 Å². The smallest absolute Gasteiger partial charge is 0.335 e. The Morgan fingerprint density at radius 1 is 1.11 bits per heavy atom. The third kappa shape index (κ3) is 4.00. The molecule has 94 valence electrons. The number of carbonyl (C=O) groups is 2. The SMILES string of the molecule is Cc1cc(C(=O)O)cc(C(=O)O)c1.c1nn[nH]n1. The minimum Gasteiger partial charge on any atom is -0.478 e. The zero-order valence-electron chi connectivity index (χ0n) is 9.36. The van der Waals surface area contributed by atoms with Gasteiger partial charge < -0.3 is 10.2 Å². The summed E-state index contributed by atoms with van der Waals surface area (Å²) in [5.41, 5.74) is 0.618. The van der Waals surface area contributed by atoms with Crippen LogP contribution >= 0.6 is 0 Å². The molecule has 1 aromatic carbocycles. The van der Waals surface area contributed by atoms with Gasteiger partial charge in [-0.1, -0.05) is 5.21 Å². The van der Waals surface area contributed by atoms with Gasteiger partial charge in [0.05, 0.1) is 11.1 Å². The Kier molecular flexibility index (Phi) is 4.50. The number of carboxylic acids is 2. The van der Waals surface area contributed by atoms with Gasteiger partial charge in [-0.25, -0.2) is 9.59 Å². The third-order valence-corrected chi connectivity index (χ3v) is 1.84. The molecular formula is C10H10N4O4. The molecule has 0 bridgehead atoms. The maximum absolute atomic E-state index is 10.5. The number of nitrogens with one attached hydrogen (secondary N) is 1. The second-order valence-electron chi connectivity index (χ2n) is 3.26. The molecule has 0 atom stereocenters. The molecule has 0 amide bonds. The second kappa shape index (κ2) is 6.09. The second-order valence-corrected chi connectivity index (χ2v) is 3.26. The highest BCUT2D eigenvalue weighted by molar-refractivity contribution is 5.94. The Hall–Kier alpha value is -2.77. The van der Waals surface area contributed by atoms with Crippen molar-refractivity contribution in [2.45, 2.75) is 6.92 Å². The molecule has 0 aliphatic carbocycles. The van der Waals surface area contributed by atoms with Crippen LogP contribution in [-0.4, -0.2) is 42.8 Å². The van der Waals surface area contributed by atoms with E-state index in [2.05, 4.69) is 20.6 Å². The van der Waals surface area contributed by atoms with Crippen LogP contribution in [0.1, 0.15) is 26.3 Å². The highest BCUT2D eigenvalue weighted by Gasteiger charge is 2.09.